The van der Waals surface area contributed by atoms with Crippen molar-refractivity contribution in [1.82, 2.24) is 15.3 Å². The number of hydrogen-bond donors (Lipinski definition) is 2. The van der Waals surface area contributed by atoms with E-state index in [4.69, 9.17) is 17.3 Å². The molecule has 1 saturated carbocycles. The molecule has 3 N–H and O–H groups in total. The Balaban J connectivity index is 1.12. The van der Waals surface area contributed by atoms with E-state index in [0.29, 0.717) is 62.5 Å². The highest BCUT2D eigenvalue weighted by atomic mass is 35.5. The Morgan fingerprint density at radius 1 is 1.15 bits per heavy atom. The zero-order valence-electron chi connectivity index (χ0n) is 22.0. The minimum absolute atomic E-state index is 0.0627. The van der Waals surface area contributed by atoms with Gasteiger partial charge in [-0.15, -0.1) is 0 Å². The number of carbonyl (C=O) groups excluding carboxylic acids is 2. The average molecular weight is 585 g/mol. The molecular formula is C29H28ClF3N6O2. The number of anilines is 3. The lowest BCUT2D eigenvalue weighted by Crippen LogP contribution is -2.64. The van der Waals surface area contributed by atoms with Crippen LogP contribution >= 0.6 is 11.6 Å². The summed E-state index contributed by atoms with van der Waals surface area (Å²) in [5, 5.41) is 2.94. The molecule has 2 aliphatic heterocycles. The number of halogens is 4. The summed E-state index contributed by atoms with van der Waals surface area (Å²) in [7, 11) is 0. The third kappa shape index (κ3) is 4.86. The van der Waals surface area contributed by atoms with Gasteiger partial charge in [0.25, 0.3) is 12.3 Å². The molecule has 3 aromatic rings. The van der Waals surface area contributed by atoms with Crippen LogP contribution in [0.2, 0.25) is 5.02 Å². The van der Waals surface area contributed by atoms with Crippen molar-refractivity contribution in [3.63, 3.8) is 0 Å². The Labute approximate surface area is 239 Å². The van der Waals surface area contributed by atoms with Crippen molar-refractivity contribution in [1.29, 1.82) is 0 Å². The van der Waals surface area contributed by atoms with Gasteiger partial charge in [0.2, 0.25) is 5.91 Å². The maximum absolute atomic E-state index is 14.4. The summed E-state index contributed by atoms with van der Waals surface area (Å²) in [5.74, 6) is -0.350. The molecule has 8 nitrogen and oxygen atoms in total. The lowest BCUT2D eigenvalue weighted by atomic mass is 9.74. The largest absolute Gasteiger partial charge is 0.396 e. The minimum atomic E-state index is -2.90. The van der Waals surface area contributed by atoms with E-state index in [1.54, 1.807) is 29.3 Å². The second-order valence-corrected chi connectivity index (χ2v) is 11.4. The minimum Gasteiger partial charge on any atom is -0.396 e. The normalized spacial score (nSPS) is 21.2. The second kappa shape index (κ2) is 10.5. The van der Waals surface area contributed by atoms with E-state index in [1.807, 2.05) is 4.90 Å². The number of aromatic nitrogens is 2. The molecule has 6 rings (SSSR count). The van der Waals surface area contributed by atoms with Crippen LogP contribution < -0.4 is 20.9 Å². The lowest BCUT2D eigenvalue weighted by molar-refractivity contribution is -0.124. The number of rotatable bonds is 6. The fourth-order valence-corrected chi connectivity index (χ4v) is 6.51. The van der Waals surface area contributed by atoms with Crippen LogP contribution in [0.15, 0.2) is 48.8 Å². The highest BCUT2D eigenvalue weighted by Gasteiger charge is 2.58. The van der Waals surface area contributed by atoms with E-state index >= 15 is 0 Å². The molecule has 1 aliphatic carbocycles. The number of nitrogens with zero attached hydrogens (tertiary/aromatic N) is 4. The molecule has 0 radical (unpaired) electrons. The number of nitrogen functional groups attached to an aromatic ring is 1. The molecule has 1 aromatic carbocycles. The van der Waals surface area contributed by atoms with E-state index in [2.05, 4.69) is 15.3 Å². The zero-order chi connectivity index (χ0) is 28.9. The molecule has 214 valence electrons. The number of alkyl halides is 2. The van der Waals surface area contributed by atoms with Crippen molar-refractivity contribution in [2.24, 2.45) is 5.92 Å². The zero-order valence-corrected chi connectivity index (χ0v) is 22.8. The summed E-state index contributed by atoms with van der Waals surface area (Å²) in [6.07, 6.45) is 2.49. The van der Waals surface area contributed by atoms with Gasteiger partial charge in [0.05, 0.1) is 22.0 Å². The predicted molar refractivity (Wildman–Crippen MR) is 149 cm³/mol. The Kier molecular flexibility index (Phi) is 7.01. The number of hydrogen-bond acceptors (Lipinski definition) is 6. The van der Waals surface area contributed by atoms with Gasteiger partial charge in [0.15, 0.2) is 5.82 Å². The van der Waals surface area contributed by atoms with E-state index in [1.165, 1.54) is 18.2 Å². The van der Waals surface area contributed by atoms with Crippen molar-refractivity contribution in [3.8, 4) is 0 Å². The Morgan fingerprint density at radius 3 is 2.61 bits per heavy atom. The molecule has 1 saturated heterocycles. The van der Waals surface area contributed by atoms with Crippen LogP contribution in [0.1, 0.15) is 53.7 Å². The van der Waals surface area contributed by atoms with Gasteiger partial charge in [0, 0.05) is 38.1 Å². The first-order valence-corrected chi connectivity index (χ1v) is 13.9. The van der Waals surface area contributed by atoms with Crippen LogP contribution in [0.25, 0.3) is 0 Å². The van der Waals surface area contributed by atoms with E-state index in [9.17, 15) is 22.8 Å². The summed E-state index contributed by atoms with van der Waals surface area (Å²) in [6, 6.07) is 9.02. The van der Waals surface area contributed by atoms with E-state index < -0.39 is 29.3 Å². The molecule has 0 bridgehead atoms. The van der Waals surface area contributed by atoms with Gasteiger partial charge in [-0.3, -0.25) is 14.6 Å². The molecule has 2 amide bonds. The first kappa shape index (κ1) is 27.3. The van der Waals surface area contributed by atoms with Crippen LogP contribution in [0.3, 0.4) is 0 Å². The van der Waals surface area contributed by atoms with Gasteiger partial charge in [-0.25, -0.2) is 18.2 Å². The monoisotopic (exact) mass is 584 g/mol. The Hall–Kier alpha value is -3.86. The molecule has 0 atom stereocenters. The van der Waals surface area contributed by atoms with Crippen molar-refractivity contribution >= 4 is 40.6 Å². The number of benzene rings is 1. The quantitative estimate of drug-likeness (QED) is 0.428. The molecule has 12 heteroatoms. The number of amides is 2. The van der Waals surface area contributed by atoms with Crippen LogP contribution in [0.5, 0.6) is 0 Å². The summed E-state index contributed by atoms with van der Waals surface area (Å²) in [4.78, 5) is 38.3. The van der Waals surface area contributed by atoms with Gasteiger partial charge in [-0.1, -0.05) is 17.7 Å². The smallest absolute Gasteiger partial charge is 0.281 e. The highest BCUT2D eigenvalue weighted by molar-refractivity contribution is 6.30. The molecular weight excluding hydrogens is 557 g/mol. The highest BCUT2D eigenvalue weighted by Crippen LogP contribution is 2.49. The molecule has 2 fully saturated rings. The SMILES string of the molecule is Nc1cccnc1N1CC2(C1)C(=O)N(C[C@H]1CC[C@H](NC(=O)c3cc(Cl)cnc3C(F)F)CC1)c1cc(F)ccc12. The van der Waals surface area contributed by atoms with Crippen molar-refractivity contribution in [2.45, 2.75) is 43.6 Å². The van der Waals surface area contributed by atoms with Crippen LogP contribution in [-0.4, -0.2) is 47.5 Å². The topological polar surface area (TPSA) is 104 Å². The molecule has 0 unspecified atom stereocenters. The lowest BCUT2D eigenvalue weighted by Gasteiger charge is -2.47. The first-order valence-electron chi connectivity index (χ1n) is 13.5. The van der Waals surface area contributed by atoms with Crippen molar-refractivity contribution in [3.05, 3.63) is 76.5 Å². The van der Waals surface area contributed by atoms with Gasteiger partial charge in [-0.2, -0.15) is 0 Å². The number of fused-ring (bicyclic) bond motifs is 2. The molecule has 3 aliphatic rings. The maximum atomic E-state index is 14.4. The van der Waals surface area contributed by atoms with Gasteiger partial charge in [0.1, 0.15) is 16.9 Å². The molecule has 41 heavy (non-hydrogen) atoms. The van der Waals surface area contributed by atoms with E-state index in [0.717, 1.165) is 11.8 Å². The average Bonchev–Trinajstić information content (AvgIpc) is 3.16. The number of carbonyl (C=O) groups is 2. The number of nitrogens with one attached hydrogen (secondary N) is 1. The molecule has 2 aromatic heterocycles. The van der Waals surface area contributed by atoms with Gasteiger partial charge in [-0.05, 0) is 67.5 Å². The summed E-state index contributed by atoms with van der Waals surface area (Å²) in [5.41, 5.74) is 6.41. The van der Waals surface area contributed by atoms with Crippen LogP contribution in [-0.2, 0) is 10.2 Å². The standard InChI is InChI=1S/C29H28ClF3N6O2/c30-17-10-20(24(25(32)33)36-12-17)27(40)37-19-6-3-16(4-7-19)13-39-23-11-18(31)5-8-21(23)29(28(39)41)14-38(15-29)26-22(34)2-1-9-35-26/h1-2,5,8-12,16,19,25H,3-4,6-7,13-15,34H2,(H,37,40)/t16-,19-. The van der Waals surface area contributed by atoms with Crippen LogP contribution in [0, 0.1) is 11.7 Å². The summed E-state index contributed by atoms with van der Waals surface area (Å²) >= 11 is 5.89. The fourth-order valence-electron chi connectivity index (χ4n) is 6.35. The maximum Gasteiger partial charge on any atom is 0.281 e. The Bertz CT molecular complexity index is 1510. The fraction of sp³-hybridized carbons (Fsp3) is 0.379. The number of nitrogens with two attached hydrogens (primary N) is 1. The third-order valence-corrected chi connectivity index (χ3v) is 8.62. The summed E-state index contributed by atoms with van der Waals surface area (Å²) < 4.78 is 41.1. The van der Waals surface area contributed by atoms with Crippen molar-refractivity contribution < 1.29 is 22.8 Å². The summed E-state index contributed by atoms with van der Waals surface area (Å²) in [6.45, 7) is 1.23. The molecule has 4 heterocycles. The molecule has 1 spiro atoms. The van der Waals surface area contributed by atoms with Gasteiger partial charge >= 0.3 is 0 Å². The van der Waals surface area contributed by atoms with Crippen LogP contribution in [0.4, 0.5) is 30.4 Å². The number of pyridine rings is 2. The predicted octanol–water partition coefficient (Wildman–Crippen LogP) is 4.88. The first-order chi connectivity index (χ1) is 19.7. The second-order valence-electron chi connectivity index (χ2n) is 11.0. The third-order valence-electron chi connectivity index (χ3n) is 8.42. The van der Waals surface area contributed by atoms with Crippen molar-refractivity contribution in [2.75, 3.05) is 35.2 Å². The Morgan fingerprint density at radius 2 is 1.90 bits per heavy atom. The van der Waals surface area contributed by atoms with Gasteiger partial charge < -0.3 is 20.9 Å². The van der Waals surface area contributed by atoms with E-state index in [-0.39, 0.29) is 28.5 Å².